The molecule has 0 spiro atoms. The molecule has 1 saturated heterocycles. The number of rotatable bonds is 1. The lowest BCUT2D eigenvalue weighted by atomic mass is 9.96. The normalized spacial score (nSPS) is 21.0. The second-order valence-corrected chi connectivity index (χ2v) is 2.78. The van der Waals surface area contributed by atoms with Gasteiger partial charge in [-0.1, -0.05) is 0 Å². The fraction of sp³-hybridized carbons (Fsp3) is 0.833. The molecule has 58 valence electrons. The van der Waals surface area contributed by atoms with Crippen molar-refractivity contribution < 1.29 is 9.53 Å². The molecule has 1 aliphatic rings. The number of hydrogen-bond acceptors (Lipinski definition) is 3. The van der Waals surface area contributed by atoms with Gasteiger partial charge in [-0.15, -0.1) is 0 Å². The standard InChI is InChI=1S/C6H12N2O2/c1-6(3-7-4-6)8-5(9)10-2/h7H,3-4H2,1-2H3,(H,8,9). The first-order valence-corrected chi connectivity index (χ1v) is 3.23. The van der Waals surface area contributed by atoms with Crippen LogP contribution in [0, 0.1) is 0 Å². The number of methoxy groups -OCH3 is 1. The SMILES string of the molecule is COC(=O)NC1(C)CNC1. The van der Waals surface area contributed by atoms with Crippen LogP contribution in [-0.2, 0) is 4.74 Å². The van der Waals surface area contributed by atoms with Crippen molar-refractivity contribution in [3.8, 4) is 0 Å². The van der Waals surface area contributed by atoms with E-state index in [1.807, 2.05) is 6.92 Å². The Morgan fingerprint density at radius 1 is 1.70 bits per heavy atom. The average molecular weight is 144 g/mol. The zero-order valence-electron chi connectivity index (χ0n) is 6.23. The highest BCUT2D eigenvalue weighted by Crippen LogP contribution is 2.08. The molecule has 1 aliphatic heterocycles. The van der Waals surface area contributed by atoms with Crippen molar-refractivity contribution in [1.29, 1.82) is 0 Å². The van der Waals surface area contributed by atoms with E-state index in [1.165, 1.54) is 7.11 Å². The van der Waals surface area contributed by atoms with Gasteiger partial charge in [-0.2, -0.15) is 0 Å². The summed E-state index contributed by atoms with van der Waals surface area (Å²) in [7, 11) is 1.37. The molecule has 1 fully saturated rings. The number of carbonyl (C=O) groups is 1. The van der Waals surface area contributed by atoms with Crippen molar-refractivity contribution in [2.45, 2.75) is 12.5 Å². The van der Waals surface area contributed by atoms with Gasteiger partial charge in [-0.3, -0.25) is 0 Å². The van der Waals surface area contributed by atoms with Crippen molar-refractivity contribution in [3.05, 3.63) is 0 Å². The van der Waals surface area contributed by atoms with Gasteiger partial charge in [0.25, 0.3) is 0 Å². The van der Waals surface area contributed by atoms with Crippen LogP contribution in [-0.4, -0.2) is 31.8 Å². The van der Waals surface area contributed by atoms with Crippen LogP contribution in [0.1, 0.15) is 6.92 Å². The molecule has 0 saturated carbocycles. The van der Waals surface area contributed by atoms with Gasteiger partial charge in [0.2, 0.25) is 0 Å². The van der Waals surface area contributed by atoms with E-state index in [0.29, 0.717) is 0 Å². The summed E-state index contributed by atoms with van der Waals surface area (Å²) in [6.45, 7) is 3.62. The Balaban J connectivity index is 2.29. The van der Waals surface area contributed by atoms with Crippen LogP contribution in [0.25, 0.3) is 0 Å². The molecule has 0 aromatic heterocycles. The fourth-order valence-electron chi connectivity index (χ4n) is 0.886. The summed E-state index contributed by atoms with van der Waals surface area (Å²) in [4.78, 5) is 10.7. The van der Waals surface area contributed by atoms with E-state index in [-0.39, 0.29) is 11.6 Å². The lowest BCUT2D eigenvalue weighted by Crippen LogP contribution is -2.67. The number of ether oxygens (including phenoxy) is 1. The maximum absolute atomic E-state index is 10.7. The molecule has 0 aromatic rings. The molecular formula is C6H12N2O2. The Morgan fingerprint density at radius 3 is 2.60 bits per heavy atom. The predicted molar refractivity (Wildman–Crippen MR) is 36.8 cm³/mol. The largest absolute Gasteiger partial charge is 0.453 e. The summed E-state index contributed by atoms with van der Waals surface area (Å²) in [5.74, 6) is 0. The lowest BCUT2D eigenvalue weighted by Gasteiger charge is -2.39. The molecule has 4 heteroatoms. The monoisotopic (exact) mass is 144 g/mol. The second kappa shape index (κ2) is 2.46. The van der Waals surface area contributed by atoms with Crippen molar-refractivity contribution in [3.63, 3.8) is 0 Å². The molecule has 0 aromatic carbocycles. The van der Waals surface area contributed by atoms with Gasteiger partial charge in [0.05, 0.1) is 12.6 Å². The predicted octanol–water partition coefficient (Wildman–Crippen LogP) is -0.296. The third-order valence-electron chi connectivity index (χ3n) is 1.62. The second-order valence-electron chi connectivity index (χ2n) is 2.78. The third kappa shape index (κ3) is 1.39. The van der Waals surface area contributed by atoms with E-state index >= 15 is 0 Å². The van der Waals surface area contributed by atoms with Crippen molar-refractivity contribution in [1.82, 2.24) is 10.6 Å². The Labute approximate surface area is 59.9 Å². The minimum absolute atomic E-state index is 0.0902. The molecule has 4 nitrogen and oxygen atoms in total. The van der Waals surface area contributed by atoms with Crippen molar-refractivity contribution in [2.75, 3.05) is 20.2 Å². The molecule has 2 N–H and O–H groups in total. The van der Waals surface area contributed by atoms with Crippen LogP contribution in [0.3, 0.4) is 0 Å². The van der Waals surface area contributed by atoms with Gasteiger partial charge in [-0.25, -0.2) is 4.79 Å². The number of carbonyl (C=O) groups excluding carboxylic acids is 1. The van der Waals surface area contributed by atoms with Gasteiger partial charge in [0.1, 0.15) is 0 Å². The van der Waals surface area contributed by atoms with E-state index in [1.54, 1.807) is 0 Å². The van der Waals surface area contributed by atoms with Crippen LogP contribution in [0.2, 0.25) is 0 Å². The molecule has 1 amide bonds. The molecule has 0 radical (unpaired) electrons. The zero-order valence-corrected chi connectivity index (χ0v) is 6.23. The molecule has 0 atom stereocenters. The van der Waals surface area contributed by atoms with E-state index in [0.717, 1.165) is 13.1 Å². The minimum Gasteiger partial charge on any atom is -0.453 e. The molecule has 0 unspecified atom stereocenters. The van der Waals surface area contributed by atoms with Crippen molar-refractivity contribution >= 4 is 6.09 Å². The maximum Gasteiger partial charge on any atom is 0.407 e. The minimum atomic E-state index is -0.357. The first-order valence-electron chi connectivity index (χ1n) is 3.23. The molecule has 0 aliphatic carbocycles. The first kappa shape index (κ1) is 7.34. The zero-order chi connectivity index (χ0) is 7.61. The van der Waals surface area contributed by atoms with E-state index in [2.05, 4.69) is 15.4 Å². The van der Waals surface area contributed by atoms with Gasteiger partial charge < -0.3 is 15.4 Å². The Kier molecular flexibility index (Phi) is 1.80. The number of alkyl carbamates (subject to hydrolysis) is 1. The van der Waals surface area contributed by atoms with Gasteiger partial charge >= 0.3 is 6.09 Å². The van der Waals surface area contributed by atoms with E-state index in [9.17, 15) is 4.79 Å². The highest BCUT2D eigenvalue weighted by molar-refractivity contribution is 5.68. The molecule has 10 heavy (non-hydrogen) atoms. The van der Waals surface area contributed by atoms with Crippen LogP contribution in [0.15, 0.2) is 0 Å². The highest BCUT2D eigenvalue weighted by Gasteiger charge is 2.33. The summed E-state index contributed by atoms with van der Waals surface area (Å²) < 4.78 is 4.44. The topological polar surface area (TPSA) is 50.4 Å². The van der Waals surface area contributed by atoms with Gasteiger partial charge in [0.15, 0.2) is 0 Å². The highest BCUT2D eigenvalue weighted by atomic mass is 16.5. The number of nitrogens with one attached hydrogen (secondary N) is 2. The quantitative estimate of drug-likeness (QED) is 0.531. The summed E-state index contributed by atoms with van der Waals surface area (Å²) in [6.07, 6.45) is -0.357. The fourth-order valence-corrected chi connectivity index (χ4v) is 0.886. The van der Waals surface area contributed by atoms with Crippen LogP contribution < -0.4 is 10.6 Å². The third-order valence-corrected chi connectivity index (χ3v) is 1.62. The smallest absolute Gasteiger partial charge is 0.407 e. The van der Waals surface area contributed by atoms with E-state index < -0.39 is 0 Å². The summed E-state index contributed by atoms with van der Waals surface area (Å²) in [5.41, 5.74) is -0.0902. The average Bonchev–Trinajstić information content (AvgIpc) is 1.84. The van der Waals surface area contributed by atoms with Crippen LogP contribution in [0.5, 0.6) is 0 Å². The summed E-state index contributed by atoms with van der Waals surface area (Å²) in [6, 6.07) is 0. The van der Waals surface area contributed by atoms with Crippen molar-refractivity contribution in [2.24, 2.45) is 0 Å². The molecule has 0 bridgehead atoms. The Hall–Kier alpha value is -0.770. The number of amides is 1. The summed E-state index contributed by atoms with van der Waals surface area (Å²) >= 11 is 0. The van der Waals surface area contributed by atoms with Crippen LogP contribution >= 0.6 is 0 Å². The Bertz CT molecular complexity index is 143. The number of hydrogen-bond donors (Lipinski definition) is 2. The first-order chi connectivity index (χ1) is 4.66. The molecular weight excluding hydrogens is 132 g/mol. The maximum atomic E-state index is 10.7. The Morgan fingerprint density at radius 2 is 2.30 bits per heavy atom. The molecule has 1 rings (SSSR count). The summed E-state index contributed by atoms with van der Waals surface area (Å²) in [5, 5.41) is 5.78. The van der Waals surface area contributed by atoms with Gasteiger partial charge in [-0.05, 0) is 6.92 Å². The molecule has 1 heterocycles. The lowest BCUT2D eigenvalue weighted by molar-refractivity contribution is 0.144. The van der Waals surface area contributed by atoms with Crippen LogP contribution in [0.4, 0.5) is 4.79 Å². The van der Waals surface area contributed by atoms with Gasteiger partial charge in [0, 0.05) is 13.1 Å². The van der Waals surface area contributed by atoms with E-state index in [4.69, 9.17) is 0 Å².